The van der Waals surface area contributed by atoms with Crippen LogP contribution in [-0.2, 0) is 9.53 Å². The maximum absolute atomic E-state index is 11.3. The largest absolute Gasteiger partial charge is 0.383 e. The predicted molar refractivity (Wildman–Crippen MR) is 62.9 cm³/mol. The van der Waals surface area contributed by atoms with E-state index in [0.717, 1.165) is 0 Å². The lowest BCUT2D eigenvalue weighted by Gasteiger charge is -2.05. The third-order valence-electron chi connectivity index (χ3n) is 1.98. The smallest absolute Gasteiger partial charge is 0.290 e. The minimum absolute atomic E-state index is 0.0955. The van der Waals surface area contributed by atoms with Crippen LogP contribution in [0.3, 0.4) is 0 Å². The van der Waals surface area contributed by atoms with Crippen LogP contribution in [0.15, 0.2) is 17.2 Å². The summed E-state index contributed by atoms with van der Waals surface area (Å²) in [7, 11) is 1.57. The molecule has 1 heterocycles. The van der Waals surface area contributed by atoms with Crippen LogP contribution in [0.25, 0.3) is 0 Å². The van der Waals surface area contributed by atoms with Crippen molar-refractivity contribution >= 4 is 11.7 Å². The molecule has 0 atom stereocenters. The molecule has 0 bridgehead atoms. The molecule has 0 aliphatic rings. The van der Waals surface area contributed by atoms with Crippen LogP contribution in [0.1, 0.15) is 6.42 Å². The molecule has 17 heavy (non-hydrogen) atoms. The van der Waals surface area contributed by atoms with Crippen LogP contribution in [-0.4, -0.2) is 42.7 Å². The van der Waals surface area contributed by atoms with Crippen molar-refractivity contribution in [1.82, 2.24) is 15.3 Å². The first-order valence-electron chi connectivity index (χ1n) is 5.27. The maximum atomic E-state index is 11.3. The highest BCUT2D eigenvalue weighted by atomic mass is 16.5. The van der Waals surface area contributed by atoms with Crippen molar-refractivity contribution in [3.8, 4) is 0 Å². The zero-order valence-electron chi connectivity index (χ0n) is 9.66. The molecule has 1 aromatic heterocycles. The lowest BCUT2D eigenvalue weighted by molar-refractivity contribution is -0.121. The second-order valence-corrected chi connectivity index (χ2v) is 3.29. The van der Waals surface area contributed by atoms with Crippen molar-refractivity contribution in [2.45, 2.75) is 6.42 Å². The second kappa shape index (κ2) is 7.39. The number of ether oxygens (including phenoxy) is 1. The highest BCUT2D eigenvalue weighted by molar-refractivity contribution is 5.76. The minimum Gasteiger partial charge on any atom is -0.383 e. The Morgan fingerprint density at radius 3 is 3.06 bits per heavy atom. The summed E-state index contributed by atoms with van der Waals surface area (Å²) in [5.74, 6) is 0.124. The minimum atomic E-state index is -0.299. The Kier molecular flexibility index (Phi) is 5.73. The Morgan fingerprint density at radius 2 is 2.35 bits per heavy atom. The Labute approximate surface area is 98.6 Å². The molecule has 0 unspecified atom stereocenters. The van der Waals surface area contributed by atoms with Crippen LogP contribution in [0.2, 0.25) is 0 Å². The van der Waals surface area contributed by atoms with Crippen LogP contribution < -0.4 is 16.2 Å². The summed E-state index contributed by atoms with van der Waals surface area (Å²) in [4.78, 5) is 28.8. The average Bonchev–Trinajstić information content (AvgIpc) is 2.32. The van der Waals surface area contributed by atoms with E-state index in [1.165, 1.54) is 12.4 Å². The predicted octanol–water partition coefficient (Wildman–Crippen LogP) is -0.665. The molecule has 94 valence electrons. The highest BCUT2D eigenvalue weighted by Gasteiger charge is 2.02. The van der Waals surface area contributed by atoms with Crippen LogP contribution >= 0.6 is 0 Å². The summed E-state index contributed by atoms with van der Waals surface area (Å²) in [6.45, 7) is 1.33. The molecule has 0 aliphatic carbocycles. The number of nitrogens with zero attached hydrogens (tertiary/aromatic N) is 1. The van der Waals surface area contributed by atoms with Crippen molar-refractivity contribution in [1.29, 1.82) is 0 Å². The molecule has 1 rings (SSSR count). The third kappa shape index (κ3) is 5.12. The van der Waals surface area contributed by atoms with E-state index in [1.807, 2.05) is 0 Å². The number of hydrogen-bond acceptors (Lipinski definition) is 5. The molecule has 7 heteroatoms. The number of aromatic amines is 1. The Hall–Kier alpha value is -1.89. The number of methoxy groups -OCH3 is 1. The molecule has 3 N–H and O–H groups in total. The van der Waals surface area contributed by atoms with Gasteiger partial charge < -0.3 is 20.4 Å². The number of amides is 1. The average molecular weight is 240 g/mol. The topological polar surface area (TPSA) is 96.1 Å². The van der Waals surface area contributed by atoms with Gasteiger partial charge >= 0.3 is 0 Å². The summed E-state index contributed by atoms with van der Waals surface area (Å²) >= 11 is 0. The molecular weight excluding hydrogens is 224 g/mol. The second-order valence-electron chi connectivity index (χ2n) is 3.29. The van der Waals surface area contributed by atoms with Crippen LogP contribution in [0.4, 0.5) is 5.82 Å². The van der Waals surface area contributed by atoms with E-state index in [1.54, 1.807) is 7.11 Å². The summed E-state index contributed by atoms with van der Waals surface area (Å²) < 4.78 is 4.80. The number of hydrogen-bond donors (Lipinski definition) is 3. The van der Waals surface area contributed by atoms with Gasteiger partial charge in [0.2, 0.25) is 5.91 Å². The van der Waals surface area contributed by atoms with Crippen LogP contribution in [0.5, 0.6) is 0 Å². The lowest BCUT2D eigenvalue weighted by Crippen LogP contribution is -2.29. The summed E-state index contributed by atoms with van der Waals surface area (Å²) in [6.07, 6.45) is 3.20. The zero-order valence-corrected chi connectivity index (χ0v) is 9.66. The molecule has 0 fully saturated rings. The van der Waals surface area contributed by atoms with Crippen molar-refractivity contribution in [3.63, 3.8) is 0 Å². The number of anilines is 1. The van der Waals surface area contributed by atoms with E-state index >= 15 is 0 Å². The standard InChI is InChI=1S/C10H16N4O3/c1-17-7-6-11-8(15)2-3-12-9-10(16)14-5-4-13-9/h4-5H,2-3,6-7H2,1H3,(H,11,15)(H,12,13)(H,14,16). The molecule has 0 spiro atoms. The maximum Gasteiger partial charge on any atom is 0.290 e. The van der Waals surface area contributed by atoms with E-state index in [2.05, 4.69) is 20.6 Å². The summed E-state index contributed by atoms with van der Waals surface area (Å²) in [5, 5.41) is 5.46. The van der Waals surface area contributed by atoms with Gasteiger partial charge in [0.15, 0.2) is 5.82 Å². The number of carbonyl (C=O) groups is 1. The van der Waals surface area contributed by atoms with Crippen LogP contribution in [0, 0.1) is 0 Å². The van der Waals surface area contributed by atoms with E-state index in [-0.39, 0.29) is 23.7 Å². The first-order valence-corrected chi connectivity index (χ1v) is 5.27. The van der Waals surface area contributed by atoms with Gasteiger partial charge in [-0.05, 0) is 0 Å². The fourth-order valence-electron chi connectivity index (χ4n) is 1.15. The number of H-pyrrole nitrogens is 1. The van der Waals surface area contributed by atoms with E-state index in [9.17, 15) is 9.59 Å². The van der Waals surface area contributed by atoms with Crippen molar-refractivity contribution < 1.29 is 9.53 Å². The van der Waals surface area contributed by atoms with Gasteiger partial charge in [-0.2, -0.15) is 0 Å². The third-order valence-corrected chi connectivity index (χ3v) is 1.98. The van der Waals surface area contributed by atoms with Crippen molar-refractivity contribution in [2.75, 3.05) is 32.1 Å². The monoisotopic (exact) mass is 240 g/mol. The highest BCUT2D eigenvalue weighted by Crippen LogP contribution is 1.90. The zero-order chi connectivity index (χ0) is 12.5. The molecule has 7 nitrogen and oxygen atoms in total. The van der Waals surface area contributed by atoms with Gasteiger partial charge in [-0.3, -0.25) is 9.59 Å². The van der Waals surface area contributed by atoms with E-state index in [0.29, 0.717) is 19.7 Å². The molecule has 0 radical (unpaired) electrons. The van der Waals surface area contributed by atoms with Gasteiger partial charge in [0.1, 0.15) is 0 Å². The molecule has 0 saturated heterocycles. The van der Waals surface area contributed by atoms with E-state index in [4.69, 9.17) is 4.74 Å². The quantitative estimate of drug-likeness (QED) is 0.549. The Morgan fingerprint density at radius 1 is 1.53 bits per heavy atom. The first-order chi connectivity index (χ1) is 8.24. The molecule has 0 saturated carbocycles. The fourth-order valence-corrected chi connectivity index (χ4v) is 1.15. The molecule has 0 aliphatic heterocycles. The molecular formula is C10H16N4O3. The number of carbonyl (C=O) groups excluding carboxylic acids is 1. The number of aromatic nitrogens is 2. The molecule has 1 aromatic rings. The van der Waals surface area contributed by atoms with Crippen molar-refractivity contribution in [2.24, 2.45) is 0 Å². The Balaban J connectivity index is 2.22. The number of rotatable bonds is 7. The normalized spacial score (nSPS) is 9.94. The lowest BCUT2D eigenvalue weighted by atomic mass is 10.4. The Bertz CT molecular complexity index is 405. The van der Waals surface area contributed by atoms with E-state index < -0.39 is 0 Å². The van der Waals surface area contributed by atoms with Gasteiger partial charge in [0.05, 0.1) is 6.61 Å². The first kappa shape index (κ1) is 13.2. The van der Waals surface area contributed by atoms with Gasteiger partial charge in [0.25, 0.3) is 5.56 Å². The van der Waals surface area contributed by atoms with Gasteiger partial charge in [-0.15, -0.1) is 0 Å². The molecule has 1 amide bonds. The SMILES string of the molecule is COCCNC(=O)CCNc1ncc[nH]c1=O. The summed E-state index contributed by atoms with van der Waals surface area (Å²) in [6, 6.07) is 0. The van der Waals surface area contributed by atoms with Gasteiger partial charge in [-0.1, -0.05) is 0 Å². The number of nitrogens with one attached hydrogen (secondary N) is 3. The van der Waals surface area contributed by atoms with Crippen molar-refractivity contribution in [3.05, 3.63) is 22.7 Å². The summed E-state index contributed by atoms with van der Waals surface area (Å²) in [5.41, 5.74) is -0.299. The molecule has 0 aromatic carbocycles. The van der Waals surface area contributed by atoms with Gasteiger partial charge in [0, 0.05) is 39.0 Å². The fraction of sp³-hybridized carbons (Fsp3) is 0.500. The van der Waals surface area contributed by atoms with Gasteiger partial charge in [-0.25, -0.2) is 4.98 Å².